The van der Waals surface area contributed by atoms with Gasteiger partial charge in [0.1, 0.15) is 11.5 Å². The molecule has 0 unspecified atom stereocenters. The average Bonchev–Trinajstić information content (AvgIpc) is 2.52. The fraction of sp³-hybridized carbons (Fsp3) is 0.118. The summed E-state index contributed by atoms with van der Waals surface area (Å²) in [7, 11) is 0. The van der Waals surface area contributed by atoms with Crippen LogP contribution in [0.3, 0.4) is 0 Å². The predicted octanol–water partition coefficient (Wildman–Crippen LogP) is 4.83. The van der Waals surface area contributed by atoms with E-state index in [-0.39, 0.29) is 0 Å². The average molecular weight is 299 g/mol. The molecular formula is C17H15ClN2O. The minimum Gasteiger partial charge on any atom is -0.457 e. The van der Waals surface area contributed by atoms with Gasteiger partial charge in [0.05, 0.1) is 0 Å². The number of pyridine rings is 1. The van der Waals surface area contributed by atoms with Gasteiger partial charge >= 0.3 is 0 Å². The van der Waals surface area contributed by atoms with Crippen molar-refractivity contribution in [3.63, 3.8) is 0 Å². The Hall–Kier alpha value is -2.26. The molecule has 0 saturated heterocycles. The van der Waals surface area contributed by atoms with Crippen molar-refractivity contribution in [2.75, 3.05) is 5.73 Å². The maximum Gasteiger partial charge on any atom is 0.135 e. The topological polar surface area (TPSA) is 48.1 Å². The highest BCUT2D eigenvalue weighted by Crippen LogP contribution is 2.33. The molecular weight excluding hydrogens is 284 g/mol. The molecule has 3 aromatic rings. The van der Waals surface area contributed by atoms with Crippen molar-refractivity contribution in [3.8, 4) is 11.5 Å². The Balaban J connectivity index is 2.04. The second kappa shape index (κ2) is 5.62. The van der Waals surface area contributed by atoms with E-state index in [0.717, 1.165) is 39.3 Å². The van der Waals surface area contributed by atoms with Crippen LogP contribution in [0.2, 0.25) is 5.02 Å². The highest BCUT2D eigenvalue weighted by Gasteiger charge is 2.07. The number of rotatable bonds is 3. The molecule has 0 aliphatic carbocycles. The number of aromatic nitrogens is 1. The first-order valence-electron chi connectivity index (χ1n) is 6.77. The zero-order valence-corrected chi connectivity index (χ0v) is 12.4. The van der Waals surface area contributed by atoms with Crippen LogP contribution in [0, 0.1) is 0 Å². The van der Waals surface area contributed by atoms with Crippen molar-refractivity contribution in [2.24, 2.45) is 0 Å². The van der Waals surface area contributed by atoms with Crippen LogP contribution in [0.15, 0.2) is 48.8 Å². The number of nitrogens with two attached hydrogens (primary N) is 1. The molecule has 0 bridgehead atoms. The molecule has 21 heavy (non-hydrogen) atoms. The van der Waals surface area contributed by atoms with Gasteiger partial charge in [-0.3, -0.25) is 4.98 Å². The third-order valence-corrected chi connectivity index (χ3v) is 3.81. The number of hydrogen-bond donors (Lipinski definition) is 1. The number of ether oxygens (including phenoxy) is 1. The van der Waals surface area contributed by atoms with Crippen molar-refractivity contribution in [3.05, 3.63) is 59.4 Å². The van der Waals surface area contributed by atoms with Gasteiger partial charge in [0.25, 0.3) is 0 Å². The Labute approximate surface area is 128 Å². The van der Waals surface area contributed by atoms with Crippen LogP contribution in [0.5, 0.6) is 11.5 Å². The third-order valence-electron chi connectivity index (χ3n) is 3.44. The molecule has 1 heterocycles. The van der Waals surface area contributed by atoms with Crippen LogP contribution >= 0.6 is 11.6 Å². The van der Waals surface area contributed by atoms with Gasteiger partial charge in [-0.25, -0.2) is 0 Å². The maximum absolute atomic E-state index is 6.13. The largest absolute Gasteiger partial charge is 0.457 e. The summed E-state index contributed by atoms with van der Waals surface area (Å²) < 4.78 is 6.00. The predicted molar refractivity (Wildman–Crippen MR) is 87.1 cm³/mol. The van der Waals surface area contributed by atoms with E-state index in [2.05, 4.69) is 11.9 Å². The summed E-state index contributed by atoms with van der Waals surface area (Å²) in [6.45, 7) is 2.06. The molecule has 0 atom stereocenters. The van der Waals surface area contributed by atoms with Crippen LogP contribution in [-0.4, -0.2) is 4.98 Å². The molecule has 2 aromatic carbocycles. The molecule has 3 rings (SSSR count). The van der Waals surface area contributed by atoms with Gasteiger partial charge in [0, 0.05) is 33.9 Å². The first kappa shape index (κ1) is 13.7. The molecule has 106 valence electrons. The van der Waals surface area contributed by atoms with Gasteiger partial charge in [0.15, 0.2) is 0 Å². The monoisotopic (exact) mass is 298 g/mol. The van der Waals surface area contributed by atoms with Crippen LogP contribution in [0.25, 0.3) is 10.8 Å². The minimum atomic E-state index is 0.691. The number of anilines is 1. The summed E-state index contributed by atoms with van der Waals surface area (Å²) in [5.74, 6) is 1.52. The molecule has 3 nitrogen and oxygen atoms in total. The van der Waals surface area contributed by atoms with E-state index in [4.69, 9.17) is 22.1 Å². The van der Waals surface area contributed by atoms with Crippen molar-refractivity contribution < 1.29 is 4.74 Å². The molecule has 2 N–H and O–H groups in total. The molecule has 1 aromatic heterocycles. The molecule has 0 fully saturated rings. The Bertz CT molecular complexity index is 802. The van der Waals surface area contributed by atoms with Crippen LogP contribution < -0.4 is 10.5 Å². The number of nitrogens with zero attached hydrogens (tertiary/aromatic N) is 1. The molecule has 0 aliphatic heterocycles. The van der Waals surface area contributed by atoms with E-state index in [1.54, 1.807) is 12.4 Å². The van der Waals surface area contributed by atoms with Gasteiger partial charge in [-0.2, -0.15) is 0 Å². The Morgan fingerprint density at radius 3 is 2.81 bits per heavy atom. The highest BCUT2D eigenvalue weighted by molar-refractivity contribution is 6.31. The normalized spacial score (nSPS) is 10.8. The van der Waals surface area contributed by atoms with Gasteiger partial charge < -0.3 is 10.5 Å². The number of nitrogen functional groups attached to an aromatic ring is 1. The highest BCUT2D eigenvalue weighted by atomic mass is 35.5. The van der Waals surface area contributed by atoms with Crippen molar-refractivity contribution in [1.29, 1.82) is 0 Å². The van der Waals surface area contributed by atoms with Gasteiger partial charge in [0.2, 0.25) is 0 Å². The lowest BCUT2D eigenvalue weighted by atomic mass is 10.1. The van der Waals surface area contributed by atoms with Gasteiger partial charge in [-0.1, -0.05) is 18.5 Å². The fourth-order valence-electron chi connectivity index (χ4n) is 2.29. The molecule has 4 heteroatoms. The second-order valence-corrected chi connectivity index (χ2v) is 5.19. The lowest BCUT2D eigenvalue weighted by molar-refractivity contribution is 0.487. The first-order valence-corrected chi connectivity index (χ1v) is 7.15. The summed E-state index contributed by atoms with van der Waals surface area (Å²) >= 11 is 6.13. The number of fused-ring (bicyclic) bond motifs is 1. The lowest BCUT2D eigenvalue weighted by Crippen LogP contribution is -1.92. The number of benzene rings is 2. The Morgan fingerprint density at radius 1 is 1.14 bits per heavy atom. The second-order valence-electron chi connectivity index (χ2n) is 4.78. The summed E-state index contributed by atoms with van der Waals surface area (Å²) in [6.07, 6.45) is 4.34. The van der Waals surface area contributed by atoms with Crippen molar-refractivity contribution in [2.45, 2.75) is 13.3 Å². The van der Waals surface area contributed by atoms with E-state index in [0.29, 0.717) is 5.69 Å². The summed E-state index contributed by atoms with van der Waals surface area (Å²) in [6, 6.07) is 11.3. The molecule has 0 amide bonds. The maximum atomic E-state index is 6.13. The van der Waals surface area contributed by atoms with E-state index < -0.39 is 0 Å². The Kier molecular flexibility index (Phi) is 3.67. The minimum absolute atomic E-state index is 0.691. The molecule has 0 spiro atoms. The molecule has 0 saturated carbocycles. The SMILES string of the molecule is CCc1cc(Oc2ccc(N)c3cnccc23)ccc1Cl. The van der Waals surface area contributed by atoms with Crippen LogP contribution in [0.1, 0.15) is 12.5 Å². The van der Waals surface area contributed by atoms with Gasteiger partial charge in [-0.05, 0) is 48.4 Å². The standard InChI is InChI=1S/C17H15ClN2O/c1-2-11-9-12(3-4-15(11)18)21-17-6-5-16(19)14-10-20-8-7-13(14)17/h3-10H,2,19H2,1H3. The van der Waals surface area contributed by atoms with Crippen molar-refractivity contribution in [1.82, 2.24) is 4.98 Å². The number of hydrogen-bond acceptors (Lipinski definition) is 3. The van der Waals surface area contributed by atoms with E-state index in [9.17, 15) is 0 Å². The summed E-state index contributed by atoms with van der Waals surface area (Å²) in [5.41, 5.74) is 7.73. The molecule has 0 radical (unpaired) electrons. The number of aryl methyl sites for hydroxylation is 1. The van der Waals surface area contributed by atoms with E-state index >= 15 is 0 Å². The van der Waals surface area contributed by atoms with Gasteiger partial charge in [-0.15, -0.1) is 0 Å². The van der Waals surface area contributed by atoms with E-state index in [1.165, 1.54) is 0 Å². The zero-order chi connectivity index (χ0) is 14.8. The van der Waals surface area contributed by atoms with E-state index in [1.807, 2.05) is 36.4 Å². The van der Waals surface area contributed by atoms with Crippen LogP contribution in [-0.2, 0) is 6.42 Å². The third kappa shape index (κ3) is 2.65. The van der Waals surface area contributed by atoms with Crippen molar-refractivity contribution >= 4 is 28.1 Å². The zero-order valence-electron chi connectivity index (χ0n) is 11.6. The smallest absolute Gasteiger partial charge is 0.135 e. The van der Waals surface area contributed by atoms with Crippen LogP contribution in [0.4, 0.5) is 5.69 Å². The lowest BCUT2D eigenvalue weighted by Gasteiger charge is -2.11. The summed E-state index contributed by atoms with van der Waals surface area (Å²) in [5, 5.41) is 2.59. The summed E-state index contributed by atoms with van der Waals surface area (Å²) in [4.78, 5) is 4.11. The fourth-order valence-corrected chi connectivity index (χ4v) is 2.54. The first-order chi connectivity index (χ1) is 10.2. The quantitative estimate of drug-likeness (QED) is 0.705. The Morgan fingerprint density at radius 2 is 2.00 bits per heavy atom. The number of halogens is 1. The molecule has 0 aliphatic rings.